The molecule has 0 radical (unpaired) electrons. The van der Waals surface area contributed by atoms with Gasteiger partial charge in [0.05, 0.1) is 23.6 Å². The van der Waals surface area contributed by atoms with E-state index in [2.05, 4.69) is 0 Å². The Bertz CT molecular complexity index is 496. The Labute approximate surface area is 117 Å². The topological polar surface area (TPSA) is 44.1 Å². The first-order valence-corrected chi connectivity index (χ1v) is 6.47. The Kier molecular flexibility index (Phi) is 5.31. The van der Waals surface area contributed by atoms with Gasteiger partial charge in [-0.15, -0.1) is 11.6 Å². The Balaban J connectivity index is 3.13. The third-order valence-electron chi connectivity index (χ3n) is 2.75. The van der Waals surface area contributed by atoms with Crippen molar-refractivity contribution in [1.82, 2.24) is 0 Å². The second-order valence-corrected chi connectivity index (χ2v) is 5.10. The van der Waals surface area contributed by atoms with E-state index >= 15 is 0 Å². The van der Waals surface area contributed by atoms with Crippen molar-refractivity contribution < 1.29 is 9.18 Å². The van der Waals surface area contributed by atoms with E-state index in [0.717, 1.165) is 0 Å². The average Bonchev–Trinajstić information content (AvgIpc) is 2.40. The maximum Gasteiger partial charge on any atom is 0.233 e. The molecule has 0 heterocycles. The summed E-state index contributed by atoms with van der Waals surface area (Å²) in [6, 6.07) is 7.98. The molecule has 1 rings (SSSR count). The summed E-state index contributed by atoms with van der Waals surface area (Å²) in [6.07, 6.45) is 0.137. The van der Waals surface area contributed by atoms with Crippen LogP contribution in [0.15, 0.2) is 24.3 Å². The van der Waals surface area contributed by atoms with Crippen LogP contribution in [0.5, 0.6) is 0 Å². The Morgan fingerprint density at radius 2 is 2.11 bits per heavy atom. The van der Waals surface area contributed by atoms with Gasteiger partial charge in [0.1, 0.15) is 5.82 Å². The van der Waals surface area contributed by atoms with Crippen molar-refractivity contribution >= 4 is 23.2 Å². The van der Waals surface area contributed by atoms with Crippen molar-refractivity contribution in [2.45, 2.75) is 20.3 Å². The third kappa shape index (κ3) is 3.68. The summed E-state index contributed by atoms with van der Waals surface area (Å²) in [5.74, 6) is -0.648. The SMILES string of the molecule is CC(C)(CCl)C(=O)N(CCC#N)c1ccccc1F. The van der Waals surface area contributed by atoms with Gasteiger partial charge in [0.2, 0.25) is 5.91 Å². The third-order valence-corrected chi connectivity index (χ3v) is 3.42. The summed E-state index contributed by atoms with van der Waals surface area (Å²) < 4.78 is 13.8. The minimum atomic E-state index is -0.806. The molecule has 1 aromatic rings. The Morgan fingerprint density at radius 3 is 2.63 bits per heavy atom. The van der Waals surface area contributed by atoms with Crippen LogP contribution in [0.4, 0.5) is 10.1 Å². The fourth-order valence-electron chi connectivity index (χ4n) is 1.59. The zero-order chi connectivity index (χ0) is 14.5. The molecule has 0 aliphatic rings. The van der Waals surface area contributed by atoms with Gasteiger partial charge in [-0.1, -0.05) is 12.1 Å². The van der Waals surface area contributed by atoms with E-state index in [9.17, 15) is 9.18 Å². The number of hydrogen-bond acceptors (Lipinski definition) is 2. The van der Waals surface area contributed by atoms with Crippen molar-refractivity contribution in [2.75, 3.05) is 17.3 Å². The number of anilines is 1. The summed E-state index contributed by atoms with van der Waals surface area (Å²) in [5.41, 5.74) is -0.625. The highest BCUT2D eigenvalue weighted by Crippen LogP contribution is 2.27. The Morgan fingerprint density at radius 1 is 1.47 bits per heavy atom. The van der Waals surface area contributed by atoms with Crippen molar-refractivity contribution in [2.24, 2.45) is 5.41 Å². The van der Waals surface area contributed by atoms with Crippen LogP contribution in [0, 0.1) is 22.6 Å². The number of halogens is 2. The quantitative estimate of drug-likeness (QED) is 0.778. The largest absolute Gasteiger partial charge is 0.308 e. The number of benzene rings is 1. The number of carbonyl (C=O) groups excluding carboxylic acids is 1. The molecular weight excluding hydrogens is 267 g/mol. The van der Waals surface area contributed by atoms with E-state index in [1.54, 1.807) is 26.0 Å². The molecule has 1 aromatic carbocycles. The van der Waals surface area contributed by atoms with Gasteiger partial charge in [0.25, 0.3) is 0 Å². The molecular formula is C14H16ClFN2O. The van der Waals surface area contributed by atoms with Gasteiger partial charge < -0.3 is 4.90 Å². The summed E-state index contributed by atoms with van der Waals surface area (Å²) >= 11 is 5.79. The molecule has 0 bridgehead atoms. The lowest BCUT2D eigenvalue weighted by Gasteiger charge is -2.30. The number of rotatable bonds is 5. The summed E-state index contributed by atoms with van der Waals surface area (Å²) in [5, 5.41) is 8.67. The lowest BCUT2D eigenvalue weighted by Crippen LogP contribution is -2.43. The minimum absolute atomic E-state index is 0.128. The highest BCUT2D eigenvalue weighted by atomic mass is 35.5. The number of nitrogens with zero attached hydrogens (tertiary/aromatic N) is 2. The lowest BCUT2D eigenvalue weighted by molar-refractivity contribution is -0.125. The van der Waals surface area contributed by atoms with Crippen LogP contribution >= 0.6 is 11.6 Å². The van der Waals surface area contributed by atoms with Gasteiger partial charge in [-0.2, -0.15) is 5.26 Å². The van der Waals surface area contributed by atoms with E-state index in [1.807, 2.05) is 6.07 Å². The predicted octanol–water partition coefficient (Wildman–Crippen LogP) is 3.34. The van der Waals surface area contributed by atoms with Crippen LogP contribution in [0.25, 0.3) is 0 Å². The highest BCUT2D eigenvalue weighted by Gasteiger charge is 2.32. The first kappa shape index (κ1) is 15.5. The normalized spacial score (nSPS) is 10.9. The molecule has 5 heteroatoms. The molecule has 0 unspecified atom stereocenters. The second-order valence-electron chi connectivity index (χ2n) is 4.83. The fraction of sp³-hybridized carbons (Fsp3) is 0.429. The molecule has 0 aliphatic carbocycles. The van der Waals surface area contributed by atoms with Crippen molar-refractivity contribution in [3.8, 4) is 6.07 Å². The first-order valence-electron chi connectivity index (χ1n) is 5.93. The molecule has 0 fully saturated rings. The molecule has 102 valence electrons. The summed E-state index contributed by atoms with van der Waals surface area (Å²) in [6.45, 7) is 3.54. The number of nitriles is 1. The van der Waals surface area contributed by atoms with Crippen LogP contribution < -0.4 is 4.90 Å². The maximum atomic E-state index is 13.8. The number of hydrogen-bond donors (Lipinski definition) is 0. The molecule has 0 spiro atoms. The molecule has 0 aromatic heterocycles. The van der Waals surface area contributed by atoms with Crippen LogP contribution in [-0.4, -0.2) is 18.3 Å². The zero-order valence-corrected chi connectivity index (χ0v) is 11.7. The molecule has 0 saturated heterocycles. The summed E-state index contributed by atoms with van der Waals surface area (Å²) in [7, 11) is 0. The van der Waals surface area contributed by atoms with Gasteiger partial charge in [0, 0.05) is 12.4 Å². The van der Waals surface area contributed by atoms with Crippen LogP contribution in [0.2, 0.25) is 0 Å². The second kappa shape index (κ2) is 6.53. The summed E-state index contributed by atoms with van der Waals surface area (Å²) in [4.78, 5) is 13.7. The molecule has 0 N–H and O–H groups in total. The minimum Gasteiger partial charge on any atom is -0.308 e. The first-order chi connectivity index (χ1) is 8.94. The monoisotopic (exact) mass is 282 g/mol. The van der Waals surface area contributed by atoms with Gasteiger partial charge in [-0.25, -0.2) is 4.39 Å². The van der Waals surface area contributed by atoms with Gasteiger partial charge in [-0.05, 0) is 26.0 Å². The number of amides is 1. The van der Waals surface area contributed by atoms with Gasteiger partial charge in [-0.3, -0.25) is 4.79 Å². The van der Waals surface area contributed by atoms with Crippen LogP contribution in [0.3, 0.4) is 0 Å². The molecule has 0 saturated carbocycles. The Hall–Kier alpha value is -1.60. The average molecular weight is 283 g/mol. The molecule has 19 heavy (non-hydrogen) atoms. The zero-order valence-electron chi connectivity index (χ0n) is 11.0. The van der Waals surface area contributed by atoms with E-state index in [4.69, 9.17) is 16.9 Å². The van der Waals surface area contributed by atoms with E-state index < -0.39 is 11.2 Å². The number of alkyl halides is 1. The maximum absolute atomic E-state index is 13.8. The highest BCUT2D eigenvalue weighted by molar-refractivity contribution is 6.20. The van der Waals surface area contributed by atoms with Crippen LogP contribution in [0.1, 0.15) is 20.3 Å². The molecule has 0 atom stereocenters. The van der Waals surface area contributed by atoms with E-state index in [0.29, 0.717) is 0 Å². The van der Waals surface area contributed by atoms with Gasteiger partial charge >= 0.3 is 0 Å². The lowest BCUT2D eigenvalue weighted by atomic mass is 9.94. The van der Waals surface area contributed by atoms with Crippen LogP contribution in [-0.2, 0) is 4.79 Å². The van der Waals surface area contributed by atoms with Gasteiger partial charge in [0.15, 0.2) is 0 Å². The molecule has 1 amide bonds. The van der Waals surface area contributed by atoms with E-state index in [-0.39, 0.29) is 30.4 Å². The molecule has 3 nitrogen and oxygen atoms in total. The fourth-order valence-corrected chi connectivity index (χ4v) is 1.70. The van der Waals surface area contributed by atoms with Crippen molar-refractivity contribution in [1.29, 1.82) is 5.26 Å². The van der Waals surface area contributed by atoms with Crippen molar-refractivity contribution in [3.63, 3.8) is 0 Å². The van der Waals surface area contributed by atoms with E-state index in [1.165, 1.54) is 17.0 Å². The van der Waals surface area contributed by atoms with Crippen molar-refractivity contribution in [3.05, 3.63) is 30.1 Å². The predicted molar refractivity (Wildman–Crippen MR) is 73.5 cm³/mol. The standard InChI is InChI=1S/C14H16ClFN2O/c1-14(2,10-15)13(19)18(9-5-8-17)12-7-4-3-6-11(12)16/h3-4,6-7H,5,9-10H2,1-2H3. The molecule has 0 aliphatic heterocycles. The smallest absolute Gasteiger partial charge is 0.233 e. The number of para-hydroxylation sites is 1. The number of carbonyl (C=O) groups is 1.